The van der Waals surface area contributed by atoms with Gasteiger partial charge in [0.25, 0.3) is 5.91 Å². The predicted octanol–water partition coefficient (Wildman–Crippen LogP) is 4.05. The fraction of sp³-hybridized carbons (Fsp3) is 0.391. The van der Waals surface area contributed by atoms with E-state index in [4.69, 9.17) is 11.6 Å². The van der Waals surface area contributed by atoms with E-state index in [9.17, 15) is 18.0 Å². The summed E-state index contributed by atoms with van der Waals surface area (Å²) in [6, 6.07) is 12.8. The van der Waals surface area contributed by atoms with Gasteiger partial charge < -0.3 is 10.6 Å². The number of amides is 2. The Labute approximate surface area is 194 Å². The van der Waals surface area contributed by atoms with E-state index >= 15 is 0 Å². The summed E-state index contributed by atoms with van der Waals surface area (Å²) in [7, 11) is -3.54. The number of sulfonamides is 1. The van der Waals surface area contributed by atoms with E-state index in [1.54, 1.807) is 24.3 Å². The molecule has 32 heavy (non-hydrogen) atoms. The van der Waals surface area contributed by atoms with Crippen molar-refractivity contribution >= 4 is 39.1 Å². The molecule has 0 aliphatic carbocycles. The predicted molar refractivity (Wildman–Crippen MR) is 125 cm³/mol. The molecule has 0 aromatic heterocycles. The van der Waals surface area contributed by atoms with Crippen LogP contribution in [0.25, 0.3) is 0 Å². The number of hydrogen-bond donors (Lipinski definition) is 2. The first-order chi connectivity index (χ1) is 15.4. The third-order valence-corrected chi connectivity index (χ3v) is 7.48. The van der Waals surface area contributed by atoms with Gasteiger partial charge in [-0.1, -0.05) is 24.4 Å². The molecule has 172 valence electrons. The smallest absolute Gasteiger partial charge is 0.251 e. The number of carbonyl (C=O) groups is 2. The van der Waals surface area contributed by atoms with Crippen LogP contribution >= 0.6 is 11.6 Å². The number of anilines is 1. The summed E-state index contributed by atoms with van der Waals surface area (Å²) in [4.78, 5) is 24.5. The second-order valence-electron chi connectivity index (χ2n) is 7.76. The zero-order valence-electron chi connectivity index (χ0n) is 17.8. The lowest BCUT2D eigenvalue weighted by Gasteiger charge is -2.20. The van der Waals surface area contributed by atoms with Crippen molar-refractivity contribution in [3.8, 4) is 0 Å². The Morgan fingerprint density at radius 3 is 2.16 bits per heavy atom. The number of halogens is 1. The van der Waals surface area contributed by atoms with Gasteiger partial charge in [0.15, 0.2) is 0 Å². The number of carbonyl (C=O) groups excluding carboxylic acids is 2. The number of nitrogens with zero attached hydrogens (tertiary/aromatic N) is 1. The zero-order chi connectivity index (χ0) is 23.0. The maximum absolute atomic E-state index is 12.8. The maximum atomic E-state index is 12.8. The van der Waals surface area contributed by atoms with Crippen molar-refractivity contribution in [2.24, 2.45) is 0 Å². The van der Waals surface area contributed by atoms with Crippen LogP contribution in [0.1, 0.15) is 48.9 Å². The van der Waals surface area contributed by atoms with Gasteiger partial charge in [0, 0.05) is 42.3 Å². The molecule has 2 aromatic carbocycles. The summed E-state index contributed by atoms with van der Waals surface area (Å²) in [6.07, 6.45) is 4.58. The average Bonchev–Trinajstić information content (AvgIpc) is 3.08. The van der Waals surface area contributed by atoms with E-state index in [-0.39, 0.29) is 23.1 Å². The van der Waals surface area contributed by atoms with Crippen LogP contribution in [0.3, 0.4) is 0 Å². The molecule has 0 atom stereocenters. The van der Waals surface area contributed by atoms with Gasteiger partial charge in [-0.2, -0.15) is 4.31 Å². The molecule has 7 nitrogen and oxygen atoms in total. The largest absolute Gasteiger partial charge is 0.352 e. The highest BCUT2D eigenvalue weighted by Gasteiger charge is 2.25. The summed E-state index contributed by atoms with van der Waals surface area (Å²) in [5, 5.41) is 6.12. The Kier molecular flexibility index (Phi) is 8.67. The van der Waals surface area contributed by atoms with E-state index < -0.39 is 10.0 Å². The average molecular weight is 478 g/mol. The van der Waals surface area contributed by atoms with Gasteiger partial charge in [-0.05, 0) is 67.8 Å². The molecular formula is C23H28ClN3O4S. The summed E-state index contributed by atoms with van der Waals surface area (Å²) < 4.78 is 27.2. The minimum absolute atomic E-state index is 0.148. The van der Waals surface area contributed by atoms with E-state index in [0.29, 0.717) is 42.3 Å². The highest BCUT2D eigenvalue weighted by Crippen LogP contribution is 2.20. The van der Waals surface area contributed by atoms with Gasteiger partial charge in [0.2, 0.25) is 15.9 Å². The van der Waals surface area contributed by atoms with Crippen LogP contribution in [0.2, 0.25) is 5.02 Å². The van der Waals surface area contributed by atoms with Crippen molar-refractivity contribution in [2.75, 3.05) is 25.0 Å². The zero-order valence-corrected chi connectivity index (χ0v) is 19.4. The summed E-state index contributed by atoms with van der Waals surface area (Å²) in [6.45, 7) is 1.41. The Bertz CT molecular complexity index is 1020. The molecule has 3 rings (SSSR count). The fourth-order valence-electron chi connectivity index (χ4n) is 3.52. The number of nitrogens with one attached hydrogen (secondary N) is 2. The molecule has 1 aliphatic heterocycles. The van der Waals surface area contributed by atoms with Gasteiger partial charge in [0.05, 0.1) is 4.90 Å². The first-order valence-electron chi connectivity index (χ1n) is 10.8. The molecule has 1 heterocycles. The number of hydrogen-bond acceptors (Lipinski definition) is 4. The third-order valence-electron chi connectivity index (χ3n) is 5.31. The molecule has 1 fully saturated rings. The van der Waals surface area contributed by atoms with Gasteiger partial charge in [-0.3, -0.25) is 9.59 Å². The highest BCUT2D eigenvalue weighted by atomic mass is 35.5. The third kappa shape index (κ3) is 6.79. The normalized spacial score (nSPS) is 15.0. The van der Waals surface area contributed by atoms with Gasteiger partial charge in [0.1, 0.15) is 0 Å². The van der Waals surface area contributed by atoms with E-state index in [0.717, 1.165) is 25.7 Å². The van der Waals surface area contributed by atoms with Crippen LogP contribution in [-0.2, 0) is 14.8 Å². The lowest BCUT2D eigenvalue weighted by atomic mass is 10.2. The molecule has 2 N–H and O–H groups in total. The second-order valence-corrected chi connectivity index (χ2v) is 10.1. The Morgan fingerprint density at radius 2 is 1.53 bits per heavy atom. The molecular weight excluding hydrogens is 450 g/mol. The minimum Gasteiger partial charge on any atom is -0.352 e. The molecule has 0 spiro atoms. The standard InChI is InChI=1S/C23H28ClN3O4S/c24-19-9-11-20(12-10-19)26-22(28)6-5-15-25-23(29)18-7-13-21(14-8-18)32(30,31)27-16-3-1-2-4-17-27/h7-14H,1-6,15-17H2,(H,25,29)(H,26,28). The van der Waals surface area contributed by atoms with Crippen LogP contribution in [0.5, 0.6) is 0 Å². The lowest BCUT2D eigenvalue weighted by Crippen LogP contribution is -2.32. The summed E-state index contributed by atoms with van der Waals surface area (Å²) in [5.74, 6) is -0.452. The monoisotopic (exact) mass is 477 g/mol. The molecule has 0 radical (unpaired) electrons. The van der Waals surface area contributed by atoms with Crippen molar-refractivity contribution in [3.63, 3.8) is 0 Å². The van der Waals surface area contributed by atoms with Crippen LogP contribution in [0, 0.1) is 0 Å². The summed E-state index contributed by atoms with van der Waals surface area (Å²) >= 11 is 5.82. The Hall–Kier alpha value is -2.42. The van der Waals surface area contributed by atoms with Crippen molar-refractivity contribution in [2.45, 2.75) is 43.4 Å². The first kappa shape index (κ1) is 24.2. The quantitative estimate of drug-likeness (QED) is 0.560. The molecule has 0 saturated carbocycles. The molecule has 1 saturated heterocycles. The highest BCUT2D eigenvalue weighted by molar-refractivity contribution is 7.89. The number of benzene rings is 2. The Morgan fingerprint density at radius 1 is 0.906 bits per heavy atom. The molecule has 2 amide bonds. The molecule has 9 heteroatoms. The maximum Gasteiger partial charge on any atom is 0.251 e. The second kappa shape index (κ2) is 11.4. The summed E-state index contributed by atoms with van der Waals surface area (Å²) in [5.41, 5.74) is 1.05. The van der Waals surface area contributed by atoms with Gasteiger partial charge >= 0.3 is 0 Å². The van der Waals surface area contributed by atoms with Crippen LogP contribution < -0.4 is 10.6 Å². The van der Waals surface area contributed by atoms with Crippen molar-refractivity contribution in [1.82, 2.24) is 9.62 Å². The van der Waals surface area contributed by atoms with E-state index in [2.05, 4.69) is 10.6 Å². The molecule has 0 unspecified atom stereocenters. The molecule has 0 bridgehead atoms. The van der Waals surface area contributed by atoms with Gasteiger partial charge in [-0.25, -0.2) is 8.42 Å². The van der Waals surface area contributed by atoms with Crippen molar-refractivity contribution < 1.29 is 18.0 Å². The Balaban J connectivity index is 1.45. The fourth-order valence-corrected chi connectivity index (χ4v) is 5.16. The van der Waals surface area contributed by atoms with E-state index in [1.807, 2.05) is 0 Å². The lowest BCUT2D eigenvalue weighted by molar-refractivity contribution is -0.116. The van der Waals surface area contributed by atoms with Crippen LogP contribution in [-0.4, -0.2) is 44.2 Å². The molecule has 1 aliphatic rings. The first-order valence-corrected chi connectivity index (χ1v) is 12.6. The van der Waals surface area contributed by atoms with Crippen molar-refractivity contribution in [1.29, 1.82) is 0 Å². The topological polar surface area (TPSA) is 95.6 Å². The minimum atomic E-state index is -3.54. The van der Waals surface area contributed by atoms with Crippen LogP contribution in [0.15, 0.2) is 53.4 Å². The van der Waals surface area contributed by atoms with E-state index in [1.165, 1.54) is 28.6 Å². The molecule has 2 aromatic rings. The number of rotatable bonds is 8. The van der Waals surface area contributed by atoms with Gasteiger partial charge in [-0.15, -0.1) is 0 Å². The van der Waals surface area contributed by atoms with Crippen molar-refractivity contribution in [3.05, 3.63) is 59.1 Å². The van der Waals surface area contributed by atoms with Crippen LogP contribution in [0.4, 0.5) is 5.69 Å². The SMILES string of the molecule is O=C(CCCNC(=O)c1ccc(S(=O)(=O)N2CCCCCC2)cc1)Nc1ccc(Cl)cc1.